The topological polar surface area (TPSA) is 147 Å². The number of hydrogen-bond acceptors (Lipinski definition) is 14. The molecule has 0 amide bonds. The van der Waals surface area contributed by atoms with Crippen LogP contribution in [-0.2, 0) is 0 Å². The van der Waals surface area contributed by atoms with Crippen LogP contribution in [0.25, 0.3) is 20.0 Å². The predicted octanol–water partition coefficient (Wildman–Crippen LogP) is 1.99. The molecule has 4 aromatic heterocycles. The summed E-state index contributed by atoms with van der Waals surface area (Å²) in [7, 11) is 0. The summed E-state index contributed by atoms with van der Waals surface area (Å²) in [6.07, 6.45) is 2.66. The Bertz CT molecular complexity index is 2240. The fourth-order valence-electron chi connectivity index (χ4n) is 4.91. The number of thioether (sulfide) groups is 4. The summed E-state index contributed by atoms with van der Waals surface area (Å²) in [5, 5.41) is 0.619. The predicted molar refractivity (Wildman–Crippen MR) is 170 cm³/mol. The third-order valence-corrected chi connectivity index (χ3v) is 11.9. The summed E-state index contributed by atoms with van der Waals surface area (Å²) in [5.74, 6) is 1.28. The highest BCUT2D eigenvalue weighted by atomic mass is 32.2. The lowest BCUT2D eigenvalue weighted by atomic mass is 10.3. The van der Waals surface area contributed by atoms with Crippen LogP contribution < -0.4 is 42.1 Å². The van der Waals surface area contributed by atoms with Gasteiger partial charge in [-0.3, -0.25) is 19.2 Å². The van der Waals surface area contributed by atoms with Gasteiger partial charge in [0.15, 0.2) is 0 Å². The Morgan fingerprint density at radius 2 is 1.00 bits per heavy atom. The third kappa shape index (κ3) is 4.34. The van der Waals surface area contributed by atoms with Crippen molar-refractivity contribution in [3.8, 4) is 11.5 Å². The molecule has 0 bridgehead atoms. The Kier molecular flexibility index (Phi) is 7.18. The molecule has 6 heterocycles. The van der Waals surface area contributed by atoms with Gasteiger partial charge in [-0.2, -0.15) is 0 Å². The third-order valence-electron chi connectivity index (χ3n) is 6.75. The van der Waals surface area contributed by atoms with Gasteiger partial charge in [0.1, 0.15) is 11.5 Å². The Balaban J connectivity index is 1.48. The van der Waals surface area contributed by atoms with Crippen molar-refractivity contribution in [3.63, 3.8) is 0 Å². The van der Waals surface area contributed by atoms with Crippen LogP contribution in [0.3, 0.4) is 0 Å². The van der Waals surface area contributed by atoms with Crippen LogP contribution in [0.15, 0.2) is 63.3 Å². The molecule has 0 unspecified atom stereocenters. The molecule has 12 nitrogen and oxygen atoms in total. The Morgan fingerprint density at radius 1 is 0.636 bits per heavy atom. The van der Waals surface area contributed by atoms with E-state index in [0.29, 0.717) is 55.0 Å². The highest BCUT2D eigenvalue weighted by molar-refractivity contribution is 8.33. The van der Waals surface area contributed by atoms with Crippen molar-refractivity contribution in [1.82, 2.24) is 28.7 Å². The summed E-state index contributed by atoms with van der Waals surface area (Å²) in [4.78, 5) is 72.4. The summed E-state index contributed by atoms with van der Waals surface area (Å²) < 4.78 is 15.7. The molecule has 16 heteroatoms. The molecule has 0 aliphatic carbocycles. The van der Waals surface area contributed by atoms with Gasteiger partial charge in [0.2, 0.25) is 11.6 Å². The highest BCUT2D eigenvalue weighted by Gasteiger charge is 2.38. The minimum Gasteiger partial charge on any atom is -0.491 e. The normalized spacial score (nSPS) is 14.0. The first-order valence-electron chi connectivity index (χ1n) is 13.3. The molecular weight excluding hydrogens is 645 g/mol. The average molecular weight is 665 g/mol. The second kappa shape index (κ2) is 10.9. The molecule has 0 N–H and O–H groups in total. The number of hydrogen-bond donors (Lipinski definition) is 0. The summed E-state index contributed by atoms with van der Waals surface area (Å²) in [6.45, 7) is 7.92. The van der Waals surface area contributed by atoms with E-state index in [-0.39, 0.29) is 11.6 Å². The van der Waals surface area contributed by atoms with E-state index in [1.165, 1.54) is 71.6 Å². The van der Waals surface area contributed by atoms with Crippen LogP contribution in [0.2, 0.25) is 0 Å². The van der Waals surface area contributed by atoms with Gasteiger partial charge in [-0.25, -0.2) is 28.7 Å². The second-order valence-electron chi connectivity index (χ2n) is 9.42. The molecule has 0 fully saturated rings. The maximum absolute atomic E-state index is 13.6. The van der Waals surface area contributed by atoms with Gasteiger partial charge in [-0.15, -0.1) is 0 Å². The molecule has 0 radical (unpaired) electrons. The zero-order valence-corrected chi connectivity index (χ0v) is 26.8. The molecule has 0 atom stereocenters. The number of benzene rings is 1. The van der Waals surface area contributed by atoms with Crippen molar-refractivity contribution in [2.75, 3.05) is 13.2 Å². The number of ether oxygens (including phenoxy) is 2. The number of aromatic nitrogens is 6. The molecular formula is C28H20N6O6S4. The summed E-state index contributed by atoms with van der Waals surface area (Å²) >= 11 is 5.40. The van der Waals surface area contributed by atoms with Crippen molar-refractivity contribution in [2.45, 2.75) is 47.3 Å². The molecule has 7 rings (SSSR count). The summed E-state index contributed by atoms with van der Waals surface area (Å²) in [5.41, 5.74) is -1.11. The lowest BCUT2D eigenvalue weighted by molar-refractivity contribution is 0.300. The largest absolute Gasteiger partial charge is 0.491 e. The maximum atomic E-state index is 13.6. The maximum Gasteiger partial charge on any atom is 0.271 e. The second-order valence-corrected chi connectivity index (χ2v) is 14.0. The number of aryl methyl sites for hydroxylation is 2. The van der Waals surface area contributed by atoms with E-state index >= 15 is 0 Å². The van der Waals surface area contributed by atoms with Crippen molar-refractivity contribution >= 4 is 67.1 Å². The van der Waals surface area contributed by atoms with Crippen LogP contribution in [0.1, 0.15) is 25.2 Å². The first-order chi connectivity index (χ1) is 21.2. The molecule has 0 spiro atoms. The minimum atomic E-state index is -0.506. The Labute approximate surface area is 264 Å². The lowest BCUT2D eigenvalue weighted by Gasteiger charge is -2.16. The van der Waals surface area contributed by atoms with E-state index in [0.717, 1.165) is 28.4 Å². The zero-order chi connectivity index (χ0) is 30.9. The van der Waals surface area contributed by atoms with Crippen molar-refractivity contribution in [2.24, 2.45) is 0 Å². The molecule has 44 heavy (non-hydrogen) atoms. The quantitative estimate of drug-likeness (QED) is 0.276. The molecule has 1 aromatic carbocycles. The SMILES string of the molecule is CCOc1c2c(c(OCC)c3c1SC(=c1c(C)nc4nccc(=O)n4c1=O)S3)SC(=c1c(C)nc3nccc(=O)n3c1=O)S2. The molecule has 2 aliphatic rings. The number of fused-ring (bicyclic) bond motifs is 4. The van der Waals surface area contributed by atoms with E-state index in [9.17, 15) is 19.2 Å². The van der Waals surface area contributed by atoms with E-state index in [4.69, 9.17) is 9.47 Å². The van der Waals surface area contributed by atoms with E-state index in [1.54, 1.807) is 13.8 Å². The first-order valence-corrected chi connectivity index (χ1v) is 16.6. The van der Waals surface area contributed by atoms with Crippen molar-refractivity contribution in [3.05, 3.63) is 87.8 Å². The van der Waals surface area contributed by atoms with Crippen LogP contribution in [0.4, 0.5) is 0 Å². The Morgan fingerprint density at radius 3 is 1.34 bits per heavy atom. The van der Waals surface area contributed by atoms with Gasteiger partial charge in [0.25, 0.3) is 22.2 Å². The smallest absolute Gasteiger partial charge is 0.271 e. The molecule has 2 aliphatic heterocycles. The first kappa shape index (κ1) is 28.9. The Hall–Kier alpha value is -3.86. The van der Waals surface area contributed by atoms with Gasteiger partial charge < -0.3 is 9.47 Å². The van der Waals surface area contributed by atoms with Gasteiger partial charge in [0, 0.05) is 24.5 Å². The number of rotatable bonds is 4. The van der Waals surface area contributed by atoms with E-state index in [2.05, 4.69) is 19.9 Å². The summed E-state index contributed by atoms with van der Waals surface area (Å²) in [6, 6.07) is 2.45. The molecule has 5 aromatic rings. The molecule has 0 saturated carbocycles. The monoisotopic (exact) mass is 664 g/mol. The highest BCUT2D eigenvalue weighted by Crippen LogP contribution is 2.68. The van der Waals surface area contributed by atoms with Crippen LogP contribution in [-0.4, -0.2) is 42.0 Å². The van der Waals surface area contributed by atoms with Crippen molar-refractivity contribution < 1.29 is 9.47 Å². The van der Waals surface area contributed by atoms with Crippen LogP contribution >= 0.6 is 47.0 Å². The van der Waals surface area contributed by atoms with Gasteiger partial charge in [-0.1, -0.05) is 47.0 Å². The molecule has 0 saturated heterocycles. The van der Waals surface area contributed by atoms with Gasteiger partial charge >= 0.3 is 0 Å². The van der Waals surface area contributed by atoms with E-state index in [1.807, 2.05) is 13.8 Å². The van der Waals surface area contributed by atoms with Gasteiger partial charge in [-0.05, 0) is 27.7 Å². The fourth-order valence-corrected chi connectivity index (χ4v) is 10.7. The fraction of sp³-hybridized carbons (Fsp3) is 0.214. The number of nitrogens with zero attached hydrogens (tertiary/aromatic N) is 6. The zero-order valence-electron chi connectivity index (χ0n) is 23.5. The average Bonchev–Trinajstić information content (AvgIpc) is 3.60. The van der Waals surface area contributed by atoms with E-state index < -0.39 is 22.2 Å². The van der Waals surface area contributed by atoms with Crippen LogP contribution in [0, 0.1) is 13.8 Å². The minimum absolute atomic E-state index is 0.0453. The lowest BCUT2D eigenvalue weighted by Crippen LogP contribution is -2.40. The van der Waals surface area contributed by atoms with Gasteiger partial charge in [0.05, 0.1) is 63.1 Å². The van der Waals surface area contributed by atoms with Crippen LogP contribution in [0.5, 0.6) is 11.5 Å². The standard InChI is InChI=1S/C28H20N6O6S4/c1-5-39-17-19-21(43-25(41-19)15-11(3)31-27-29-9-7-13(35)33(27)23(15)37)18(40-6-2)22-20(17)42-26(44-22)16-12(4)32-28-30-10-8-14(36)34(28)24(16)38/h7-10H,5-6H2,1-4H3. The molecule has 222 valence electrons. The van der Waals surface area contributed by atoms with Crippen molar-refractivity contribution in [1.29, 1.82) is 0 Å².